The van der Waals surface area contributed by atoms with Crippen LogP contribution in [0.15, 0.2) is 18.2 Å². The molecule has 0 spiro atoms. The Hall–Kier alpha value is -1.13. The molecule has 1 heterocycles. The maximum Gasteiger partial charge on any atom is 0.255 e. The average molecular weight is 286 g/mol. The Morgan fingerprint density at radius 2 is 2.21 bits per heavy atom. The summed E-state index contributed by atoms with van der Waals surface area (Å²) in [5.41, 5.74) is -0.829. The molecule has 0 bridgehead atoms. The Labute approximate surface area is 117 Å². The van der Waals surface area contributed by atoms with Crippen molar-refractivity contribution in [3.63, 3.8) is 0 Å². The number of likely N-dealkylation sites (tertiary alicyclic amines) is 1. The molecule has 1 saturated heterocycles. The fourth-order valence-corrected chi connectivity index (χ4v) is 2.77. The molecule has 3 nitrogen and oxygen atoms in total. The van der Waals surface area contributed by atoms with E-state index in [-0.39, 0.29) is 22.5 Å². The number of hydrogen-bond donors (Lipinski definition) is 1. The van der Waals surface area contributed by atoms with Crippen LogP contribution in [0.5, 0.6) is 0 Å². The summed E-state index contributed by atoms with van der Waals surface area (Å²) in [6.07, 6.45) is 1.56. The van der Waals surface area contributed by atoms with Gasteiger partial charge in [0.1, 0.15) is 5.82 Å². The number of carbonyl (C=O) groups is 1. The summed E-state index contributed by atoms with van der Waals surface area (Å²) in [4.78, 5) is 14.0. The Morgan fingerprint density at radius 1 is 1.53 bits per heavy atom. The molecule has 19 heavy (non-hydrogen) atoms. The molecule has 1 fully saturated rings. The van der Waals surface area contributed by atoms with Crippen LogP contribution >= 0.6 is 11.6 Å². The smallest absolute Gasteiger partial charge is 0.255 e. The highest BCUT2D eigenvalue weighted by molar-refractivity contribution is 6.34. The lowest BCUT2D eigenvalue weighted by molar-refractivity contribution is 0.000329. The lowest BCUT2D eigenvalue weighted by Crippen LogP contribution is -2.48. The minimum atomic E-state index is -0.980. The molecule has 1 amide bonds. The highest BCUT2D eigenvalue weighted by Crippen LogP contribution is 2.30. The van der Waals surface area contributed by atoms with Crippen LogP contribution in [0.25, 0.3) is 0 Å². The van der Waals surface area contributed by atoms with Crippen molar-refractivity contribution in [3.05, 3.63) is 34.6 Å². The van der Waals surface area contributed by atoms with Crippen LogP contribution in [0.1, 0.15) is 37.0 Å². The molecule has 1 N–H and O–H groups in total. The van der Waals surface area contributed by atoms with Gasteiger partial charge >= 0.3 is 0 Å². The van der Waals surface area contributed by atoms with Crippen molar-refractivity contribution < 1.29 is 14.3 Å². The zero-order valence-electron chi connectivity index (χ0n) is 11.0. The topological polar surface area (TPSA) is 40.5 Å². The fourth-order valence-electron chi connectivity index (χ4n) is 2.57. The molecule has 1 aromatic rings. The van der Waals surface area contributed by atoms with Gasteiger partial charge in [-0.25, -0.2) is 4.39 Å². The van der Waals surface area contributed by atoms with Crippen LogP contribution in [0.4, 0.5) is 4.39 Å². The molecular formula is C14H17ClFNO2. The minimum absolute atomic E-state index is 0.151. The van der Waals surface area contributed by atoms with Crippen LogP contribution in [0, 0.1) is 5.82 Å². The molecule has 1 aliphatic heterocycles. The first-order valence-electron chi connectivity index (χ1n) is 6.29. The molecule has 0 aromatic heterocycles. The van der Waals surface area contributed by atoms with Crippen molar-refractivity contribution in [2.45, 2.75) is 38.3 Å². The molecule has 1 unspecified atom stereocenters. The molecule has 0 saturated carbocycles. The maximum atomic E-state index is 13.4. The number of rotatable bonds is 2. The highest BCUT2D eigenvalue weighted by atomic mass is 35.5. The molecule has 1 atom stereocenters. The summed E-state index contributed by atoms with van der Waals surface area (Å²) in [7, 11) is 0. The number of hydrogen-bond acceptors (Lipinski definition) is 2. The largest absolute Gasteiger partial charge is 0.388 e. The molecule has 5 heteroatoms. The Morgan fingerprint density at radius 3 is 2.84 bits per heavy atom. The molecule has 1 aromatic carbocycles. The summed E-state index contributed by atoms with van der Waals surface area (Å²) < 4.78 is 13.4. The summed E-state index contributed by atoms with van der Waals surface area (Å²) in [5, 5.41) is 9.95. The third-order valence-electron chi connectivity index (χ3n) is 3.51. The average Bonchev–Trinajstić information content (AvgIpc) is 2.80. The minimum Gasteiger partial charge on any atom is -0.388 e. The Balaban J connectivity index is 2.31. The van der Waals surface area contributed by atoms with E-state index in [2.05, 4.69) is 0 Å². The normalized spacial score (nSPS) is 19.8. The summed E-state index contributed by atoms with van der Waals surface area (Å²) >= 11 is 5.84. The number of carbonyl (C=O) groups excluding carboxylic acids is 1. The van der Waals surface area contributed by atoms with Crippen LogP contribution < -0.4 is 0 Å². The fraction of sp³-hybridized carbons (Fsp3) is 0.500. The summed E-state index contributed by atoms with van der Waals surface area (Å²) in [5.74, 6) is -0.930. The quantitative estimate of drug-likeness (QED) is 0.908. The predicted octanol–water partition coefficient (Wildman–Crippen LogP) is 2.85. The van der Waals surface area contributed by atoms with Crippen molar-refractivity contribution in [2.24, 2.45) is 0 Å². The zero-order chi connectivity index (χ0) is 14.2. The maximum absolute atomic E-state index is 13.4. The number of benzene rings is 1. The van der Waals surface area contributed by atoms with E-state index in [9.17, 15) is 14.3 Å². The molecule has 104 valence electrons. The van der Waals surface area contributed by atoms with E-state index < -0.39 is 11.4 Å². The van der Waals surface area contributed by atoms with Crippen molar-refractivity contribution in [2.75, 3.05) is 6.54 Å². The first-order valence-corrected chi connectivity index (χ1v) is 6.67. The van der Waals surface area contributed by atoms with Gasteiger partial charge in [-0.05, 0) is 38.8 Å². The Bertz CT molecular complexity index is 499. The zero-order valence-corrected chi connectivity index (χ0v) is 11.7. The van der Waals surface area contributed by atoms with Gasteiger partial charge in [-0.3, -0.25) is 4.79 Å². The van der Waals surface area contributed by atoms with Gasteiger partial charge in [0.2, 0.25) is 0 Å². The summed E-state index contributed by atoms with van der Waals surface area (Å²) in [6.45, 7) is 3.91. The van der Waals surface area contributed by atoms with Gasteiger partial charge in [-0.15, -0.1) is 0 Å². The summed E-state index contributed by atoms with van der Waals surface area (Å²) in [6, 6.07) is 3.92. The van der Waals surface area contributed by atoms with Gasteiger partial charge in [-0.2, -0.15) is 0 Å². The molecule has 2 rings (SSSR count). The van der Waals surface area contributed by atoms with Gasteiger partial charge in [0.05, 0.1) is 22.2 Å². The molecule has 0 radical (unpaired) electrons. The van der Waals surface area contributed by atoms with E-state index in [4.69, 9.17) is 11.6 Å². The number of aliphatic hydroxyl groups is 1. The SMILES string of the molecule is CC(C)(O)C1CCCN1C(=O)c1cccc(F)c1Cl. The standard InChI is InChI=1S/C14H17ClFNO2/c1-14(2,19)11-7-4-8-17(11)13(18)9-5-3-6-10(16)12(9)15/h3,5-6,11,19H,4,7-8H2,1-2H3. The van der Waals surface area contributed by atoms with E-state index in [0.29, 0.717) is 6.54 Å². The van der Waals surface area contributed by atoms with Gasteiger partial charge in [0.15, 0.2) is 0 Å². The van der Waals surface area contributed by atoms with Gasteiger partial charge in [0, 0.05) is 6.54 Å². The predicted molar refractivity (Wildman–Crippen MR) is 71.8 cm³/mol. The van der Waals surface area contributed by atoms with Crippen molar-refractivity contribution in [1.82, 2.24) is 4.90 Å². The lowest BCUT2D eigenvalue weighted by Gasteiger charge is -2.34. The monoisotopic (exact) mass is 285 g/mol. The van der Waals surface area contributed by atoms with Crippen LogP contribution in [-0.4, -0.2) is 34.1 Å². The second kappa shape index (κ2) is 5.10. The van der Waals surface area contributed by atoms with Crippen LogP contribution in [0.3, 0.4) is 0 Å². The molecular weight excluding hydrogens is 269 g/mol. The third-order valence-corrected chi connectivity index (χ3v) is 3.90. The second-order valence-electron chi connectivity index (χ2n) is 5.41. The number of halogens is 2. The van der Waals surface area contributed by atoms with Gasteiger partial charge in [0.25, 0.3) is 5.91 Å². The van der Waals surface area contributed by atoms with E-state index in [1.54, 1.807) is 18.7 Å². The first kappa shape index (κ1) is 14.3. The van der Waals surface area contributed by atoms with Crippen LogP contribution in [-0.2, 0) is 0 Å². The molecule has 1 aliphatic rings. The lowest BCUT2D eigenvalue weighted by atomic mass is 9.96. The van der Waals surface area contributed by atoms with Gasteiger partial charge in [-0.1, -0.05) is 17.7 Å². The third kappa shape index (κ3) is 2.74. The highest BCUT2D eigenvalue weighted by Gasteiger charge is 2.39. The van der Waals surface area contributed by atoms with Crippen molar-refractivity contribution in [3.8, 4) is 0 Å². The van der Waals surface area contributed by atoms with E-state index in [1.807, 2.05) is 0 Å². The van der Waals surface area contributed by atoms with Crippen LogP contribution in [0.2, 0.25) is 5.02 Å². The van der Waals surface area contributed by atoms with E-state index >= 15 is 0 Å². The van der Waals surface area contributed by atoms with E-state index in [1.165, 1.54) is 18.2 Å². The van der Waals surface area contributed by atoms with Crippen molar-refractivity contribution in [1.29, 1.82) is 0 Å². The van der Waals surface area contributed by atoms with Crippen molar-refractivity contribution >= 4 is 17.5 Å². The van der Waals surface area contributed by atoms with E-state index in [0.717, 1.165) is 12.8 Å². The number of amides is 1. The Kier molecular flexibility index (Phi) is 3.83. The second-order valence-corrected chi connectivity index (χ2v) is 5.79. The number of nitrogens with zero attached hydrogens (tertiary/aromatic N) is 1. The first-order chi connectivity index (χ1) is 8.82. The van der Waals surface area contributed by atoms with Gasteiger partial charge < -0.3 is 10.0 Å². The molecule has 0 aliphatic carbocycles.